The molecular formula is C10H10BrN3O. The number of benzene rings is 1. The van der Waals surface area contributed by atoms with Gasteiger partial charge in [-0.1, -0.05) is 21.1 Å². The van der Waals surface area contributed by atoms with Crippen LogP contribution in [0.3, 0.4) is 0 Å². The maximum Gasteiger partial charge on any atom is 0.0730 e. The first kappa shape index (κ1) is 10.3. The van der Waals surface area contributed by atoms with E-state index in [0.717, 1.165) is 15.9 Å². The van der Waals surface area contributed by atoms with E-state index in [-0.39, 0.29) is 6.61 Å². The van der Waals surface area contributed by atoms with Gasteiger partial charge in [-0.25, -0.2) is 4.68 Å². The van der Waals surface area contributed by atoms with Crippen molar-refractivity contribution in [3.63, 3.8) is 0 Å². The normalized spacial score (nSPS) is 10.5. The van der Waals surface area contributed by atoms with Gasteiger partial charge >= 0.3 is 0 Å². The van der Waals surface area contributed by atoms with Crippen LogP contribution in [0.1, 0.15) is 5.69 Å². The molecule has 0 atom stereocenters. The summed E-state index contributed by atoms with van der Waals surface area (Å²) in [7, 11) is 0. The smallest absolute Gasteiger partial charge is 0.0730 e. The van der Waals surface area contributed by atoms with Gasteiger partial charge in [0.2, 0.25) is 0 Å². The van der Waals surface area contributed by atoms with Crippen molar-refractivity contribution < 1.29 is 5.11 Å². The van der Waals surface area contributed by atoms with Gasteiger partial charge in [-0.05, 0) is 24.3 Å². The highest BCUT2D eigenvalue weighted by Gasteiger charge is 2.04. The lowest BCUT2D eigenvalue weighted by molar-refractivity contribution is 0.297. The summed E-state index contributed by atoms with van der Waals surface area (Å²) in [5, 5.41) is 16.7. The number of nitrogens with zero attached hydrogens (tertiary/aromatic N) is 3. The van der Waals surface area contributed by atoms with E-state index in [0.29, 0.717) is 6.42 Å². The van der Waals surface area contributed by atoms with Crippen molar-refractivity contribution in [1.82, 2.24) is 15.0 Å². The minimum Gasteiger partial charge on any atom is -0.396 e. The third-order valence-corrected chi connectivity index (χ3v) is 2.59. The lowest BCUT2D eigenvalue weighted by Gasteiger charge is -2.04. The standard InChI is InChI=1S/C10H10BrN3O/c11-8-1-3-9(4-2-8)14-10(5-6-15)7-12-13-14/h1-4,7,15H,5-6H2. The molecule has 1 aromatic heterocycles. The molecule has 0 amide bonds. The average Bonchev–Trinajstić information content (AvgIpc) is 2.68. The Hall–Kier alpha value is -1.20. The number of hydrogen-bond acceptors (Lipinski definition) is 3. The van der Waals surface area contributed by atoms with Gasteiger partial charge < -0.3 is 5.11 Å². The molecule has 0 saturated heterocycles. The summed E-state index contributed by atoms with van der Waals surface area (Å²) in [5.41, 5.74) is 1.85. The van der Waals surface area contributed by atoms with E-state index in [1.54, 1.807) is 10.9 Å². The highest BCUT2D eigenvalue weighted by Crippen LogP contribution is 2.14. The van der Waals surface area contributed by atoms with Crippen LogP contribution in [0.2, 0.25) is 0 Å². The van der Waals surface area contributed by atoms with Crippen LogP contribution in [0.25, 0.3) is 5.69 Å². The lowest BCUT2D eigenvalue weighted by Crippen LogP contribution is -2.03. The molecule has 0 bridgehead atoms. The zero-order valence-corrected chi connectivity index (χ0v) is 9.55. The third-order valence-electron chi connectivity index (χ3n) is 2.06. The fourth-order valence-corrected chi connectivity index (χ4v) is 1.61. The molecular weight excluding hydrogens is 258 g/mol. The monoisotopic (exact) mass is 267 g/mol. The largest absolute Gasteiger partial charge is 0.396 e. The molecule has 4 nitrogen and oxygen atoms in total. The van der Waals surface area contributed by atoms with E-state index in [4.69, 9.17) is 5.11 Å². The highest BCUT2D eigenvalue weighted by atomic mass is 79.9. The van der Waals surface area contributed by atoms with Crippen LogP contribution in [0.15, 0.2) is 34.9 Å². The maximum absolute atomic E-state index is 8.88. The second-order valence-electron chi connectivity index (χ2n) is 3.09. The van der Waals surface area contributed by atoms with Crippen molar-refractivity contribution in [3.8, 4) is 5.69 Å². The van der Waals surface area contributed by atoms with E-state index >= 15 is 0 Å². The molecule has 1 aromatic carbocycles. The molecule has 0 aliphatic rings. The van der Waals surface area contributed by atoms with Gasteiger partial charge in [-0.15, -0.1) is 5.10 Å². The topological polar surface area (TPSA) is 50.9 Å². The van der Waals surface area contributed by atoms with Crippen LogP contribution in [0.4, 0.5) is 0 Å². The van der Waals surface area contributed by atoms with E-state index in [1.807, 2.05) is 24.3 Å². The van der Waals surface area contributed by atoms with Gasteiger partial charge in [-0.3, -0.25) is 0 Å². The minimum atomic E-state index is 0.101. The summed E-state index contributed by atoms with van der Waals surface area (Å²) in [5.74, 6) is 0. The molecule has 0 fully saturated rings. The molecule has 0 unspecified atom stereocenters. The van der Waals surface area contributed by atoms with E-state index in [9.17, 15) is 0 Å². The van der Waals surface area contributed by atoms with Crippen molar-refractivity contribution in [2.24, 2.45) is 0 Å². The van der Waals surface area contributed by atoms with Crippen molar-refractivity contribution in [1.29, 1.82) is 0 Å². The van der Waals surface area contributed by atoms with Crippen molar-refractivity contribution in [3.05, 3.63) is 40.6 Å². The first-order valence-electron chi connectivity index (χ1n) is 4.57. The molecule has 2 aromatic rings. The van der Waals surface area contributed by atoms with Crippen molar-refractivity contribution in [2.75, 3.05) is 6.61 Å². The lowest BCUT2D eigenvalue weighted by atomic mass is 10.3. The number of aromatic nitrogens is 3. The van der Waals surface area contributed by atoms with Crippen LogP contribution < -0.4 is 0 Å². The zero-order chi connectivity index (χ0) is 10.7. The predicted octanol–water partition coefficient (Wildman–Crippen LogP) is 1.56. The summed E-state index contributed by atoms with van der Waals surface area (Å²) in [6.07, 6.45) is 2.22. The third kappa shape index (κ3) is 2.24. The summed E-state index contributed by atoms with van der Waals surface area (Å²) < 4.78 is 2.75. The van der Waals surface area contributed by atoms with Crippen molar-refractivity contribution >= 4 is 15.9 Å². The molecule has 0 saturated carbocycles. The molecule has 0 radical (unpaired) electrons. The SMILES string of the molecule is OCCc1cnnn1-c1ccc(Br)cc1. The zero-order valence-electron chi connectivity index (χ0n) is 7.97. The minimum absolute atomic E-state index is 0.101. The fraction of sp³-hybridized carbons (Fsp3) is 0.200. The Bertz CT molecular complexity index is 438. The Labute approximate surface area is 95.7 Å². The Balaban J connectivity index is 2.36. The first-order valence-corrected chi connectivity index (χ1v) is 5.37. The second-order valence-corrected chi connectivity index (χ2v) is 4.00. The summed E-state index contributed by atoms with van der Waals surface area (Å²) >= 11 is 3.37. The van der Waals surface area contributed by atoms with E-state index in [1.165, 1.54) is 0 Å². The molecule has 0 spiro atoms. The summed E-state index contributed by atoms with van der Waals surface area (Å²) in [6, 6.07) is 7.78. The van der Waals surface area contributed by atoms with E-state index in [2.05, 4.69) is 26.2 Å². The molecule has 5 heteroatoms. The number of rotatable bonds is 3. The van der Waals surface area contributed by atoms with Crippen LogP contribution in [-0.2, 0) is 6.42 Å². The number of aliphatic hydroxyl groups excluding tert-OH is 1. The van der Waals surface area contributed by atoms with Gasteiger partial charge in [0, 0.05) is 17.5 Å². The Morgan fingerprint density at radius 3 is 2.67 bits per heavy atom. The van der Waals surface area contributed by atoms with Gasteiger partial charge in [0.1, 0.15) is 0 Å². The fourth-order valence-electron chi connectivity index (χ4n) is 1.34. The molecule has 1 heterocycles. The van der Waals surface area contributed by atoms with Crippen LogP contribution in [-0.4, -0.2) is 26.7 Å². The second kappa shape index (κ2) is 4.55. The quantitative estimate of drug-likeness (QED) is 0.919. The van der Waals surface area contributed by atoms with Crippen molar-refractivity contribution in [2.45, 2.75) is 6.42 Å². The molecule has 2 rings (SSSR count). The molecule has 0 aliphatic carbocycles. The molecule has 15 heavy (non-hydrogen) atoms. The number of halogens is 1. The number of aliphatic hydroxyl groups is 1. The van der Waals surface area contributed by atoms with Gasteiger partial charge in [0.05, 0.1) is 17.6 Å². The maximum atomic E-state index is 8.88. The first-order chi connectivity index (χ1) is 7.31. The average molecular weight is 268 g/mol. The molecule has 0 aliphatic heterocycles. The highest BCUT2D eigenvalue weighted by molar-refractivity contribution is 9.10. The van der Waals surface area contributed by atoms with E-state index < -0.39 is 0 Å². The Morgan fingerprint density at radius 2 is 2.00 bits per heavy atom. The van der Waals surface area contributed by atoms with Crippen LogP contribution in [0.5, 0.6) is 0 Å². The van der Waals surface area contributed by atoms with Gasteiger partial charge in [0.15, 0.2) is 0 Å². The Kier molecular flexibility index (Phi) is 3.13. The summed E-state index contributed by atoms with van der Waals surface area (Å²) in [6.45, 7) is 0.101. The Morgan fingerprint density at radius 1 is 1.27 bits per heavy atom. The van der Waals surface area contributed by atoms with Gasteiger partial charge in [0.25, 0.3) is 0 Å². The summed E-state index contributed by atoms with van der Waals surface area (Å²) in [4.78, 5) is 0. The van der Waals surface area contributed by atoms with Gasteiger partial charge in [-0.2, -0.15) is 0 Å². The predicted molar refractivity (Wildman–Crippen MR) is 59.8 cm³/mol. The molecule has 1 N–H and O–H groups in total. The van der Waals surface area contributed by atoms with Crippen LogP contribution >= 0.6 is 15.9 Å². The van der Waals surface area contributed by atoms with Crippen LogP contribution in [0, 0.1) is 0 Å². The molecule has 78 valence electrons. The number of hydrogen-bond donors (Lipinski definition) is 1.